The number of ether oxygens (including phenoxy) is 1. The SMILES string of the molecule is Cc1cc(Cl)cc(Cl)c1OCC(O)(c1ccc2c(cnn2-c2ccccc2)c1)C(F)(F)F. The van der Waals surface area contributed by atoms with Gasteiger partial charge in [-0.05, 0) is 54.4 Å². The highest BCUT2D eigenvalue weighted by atomic mass is 35.5. The molecule has 4 aromatic rings. The van der Waals surface area contributed by atoms with Crippen molar-refractivity contribution in [3.63, 3.8) is 0 Å². The second-order valence-electron chi connectivity index (χ2n) is 7.35. The Morgan fingerprint density at radius 2 is 1.75 bits per heavy atom. The number of fused-ring (bicyclic) bond motifs is 1. The smallest absolute Gasteiger partial charge is 0.424 e. The molecule has 1 aromatic heterocycles. The fourth-order valence-electron chi connectivity index (χ4n) is 3.44. The molecular formula is C23H17Cl2F3N2O2. The number of aromatic nitrogens is 2. The van der Waals surface area contributed by atoms with Crippen LogP contribution in [0.5, 0.6) is 5.75 Å². The van der Waals surface area contributed by atoms with E-state index in [1.165, 1.54) is 36.5 Å². The summed E-state index contributed by atoms with van der Waals surface area (Å²) in [6.45, 7) is 0.515. The molecule has 0 fully saturated rings. The van der Waals surface area contributed by atoms with Gasteiger partial charge in [0.05, 0.1) is 22.4 Å². The Hall–Kier alpha value is -2.74. The van der Waals surface area contributed by atoms with Gasteiger partial charge in [-0.3, -0.25) is 0 Å². The maximum Gasteiger partial charge on any atom is 0.424 e. The maximum atomic E-state index is 14.0. The molecule has 166 valence electrons. The molecule has 1 N–H and O–H groups in total. The number of aliphatic hydroxyl groups is 1. The van der Waals surface area contributed by atoms with Crippen LogP contribution in [-0.4, -0.2) is 27.7 Å². The Bertz CT molecular complexity index is 1250. The minimum atomic E-state index is -5.01. The number of halogens is 5. The molecule has 0 aliphatic carbocycles. The zero-order chi connectivity index (χ0) is 23.1. The average molecular weight is 481 g/mol. The van der Waals surface area contributed by atoms with Crippen LogP contribution in [0.1, 0.15) is 11.1 Å². The standard InChI is InChI=1S/C23H17Cl2F3N2O2/c1-14-9-17(24)11-19(25)21(14)32-13-22(31,23(26,27)28)16-7-8-20-15(10-16)12-29-30(20)18-5-3-2-4-6-18/h2-12,31H,13H2,1H3. The van der Waals surface area contributed by atoms with Gasteiger partial charge in [0, 0.05) is 10.4 Å². The highest BCUT2D eigenvalue weighted by Gasteiger charge is 2.56. The van der Waals surface area contributed by atoms with Gasteiger partial charge in [-0.25, -0.2) is 4.68 Å². The molecule has 32 heavy (non-hydrogen) atoms. The first-order chi connectivity index (χ1) is 15.1. The Kier molecular flexibility index (Phi) is 5.83. The summed E-state index contributed by atoms with van der Waals surface area (Å²) in [5.41, 5.74) is -1.83. The largest absolute Gasteiger partial charge is 0.488 e. The van der Waals surface area contributed by atoms with Crippen molar-refractivity contribution in [1.82, 2.24) is 9.78 Å². The molecule has 0 spiro atoms. The highest BCUT2D eigenvalue weighted by Crippen LogP contribution is 2.42. The van der Waals surface area contributed by atoms with E-state index in [0.717, 1.165) is 5.69 Å². The molecule has 0 aliphatic heterocycles. The van der Waals surface area contributed by atoms with Crippen molar-refractivity contribution >= 4 is 34.1 Å². The molecule has 1 unspecified atom stereocenters. The summed E-state index contributed by atoms with van der Waals surface area (Å²) in [5.74, 6) is 0.0247. The van der Waals surface area contributed by atoms with Crippen LogP contribution >= 0.6 is 23.2 Å². The summed E-state index contributed by atoms with van der Waals surface area (Å²) in [4.78, 5) is 0. The van der Waals surface area contributed by atoms with Crippen molar-refractivity contribution in [2.75, 3.05) is 6.61 Å². The van der Waals surface area contributed by atoms with Crippen LogP contribution in [0.15, 0.2) is 66.9 Å². The van der Waals surface area contributed by atoms with E-state index in [2.05, 4.69) is 5.10 Å². The van der Waals surface area contributed by atoms with Crippen LogP contribution in [0.2, 0.25) is 10.0 Å². The zero-order valence-corrected chi connectivity index (χ0v) is 18.2. The van der Waals surface area contributed by atoms with E-state index in [-0.39, 0.29) is 16.3 Å². The third-order valence-corrected chi connectivity index (χ3v) is 5.63. The van der Waals surface area contributed by atoms with E-state index in [1.807, 2.05) is 30.3 Å². The van der Waals surface area contributed by atoms with Crippen molar-refractivity contribution in [3.05, 3.63) is 88.0 Å². The molecule has 4 rings (SSSR count). The topological polar surface area (TPSA) is 47.3 Å². The normalized spacial score (nSPS) is 13.8. The molecule has 3 aromatic carbocycles. The van der Waals surface area contributed by atoms with E-state index in [4.69, 9.17) is 27.9 Å². The van der Waals surface area contributed by atoms with Crippen molar-refractivity contribution in [3.8, 4) is 11.4 Å². The molecule has 0 saturated heterocycles. The summed E-state index contributed by atoms with van der Waals surface area (Å²) in [6, 6.07) is 16.0. The molecule has 0 radical (unpaired) electrons. The Morgan fingerprint density at radius 1 is 1.03 bits per heavy atom. The van der Waals surface area contributed by atoms with Gasteiger partial charge < -0.3 is 9.84 Å². The van der Waals surface area contributed by atoms with Gasteiger partial charge in [-0.1, -0.05) is 47.5 Å². The van der Waals surface area contributed by atoms with Gasteiger partial charge in [0.15, 0.2) is 0 Å². The average Bonchev–Trinajstić information content (AvgIpc) is 3.16. The minimum Gasteiger partial charge on any atom is -0.488 e. The predicted molar refractivity (Wildman–Crippen MR) is 118 cm³/mol. The first kappa shape index (κ1) is 22.5. The lowest BCUT2D eigenvalue weighted by molar-refractivity contribution is -0.275. The second-order valence-corrected chi connectivity index (χ2v) is 8.19. The molecule has 0 bridgehead atoms. The lowest BCUT2D eigenvalue weighted by atomic mass is 9.93. The summed E-state index contributed by atoms with van der Waals surface area (Å²) in [5, 5.41) is 15.8. The fraction of sp³-hybridized carbons (Fsp3) is 0.174. The lowest BCUT2D eigenvalue weighted by Gasteiger charge is -2.31. The third kappa shape index (κ3) is 4.03. The number of rotatable bonds is 5. The quantitative estimate of drug-likeness (QED) is 0.356. The zero-order valence-electron chi connectivity index (χ0n) is 16.7. The van der Waals surface area contributed by atoms with Crippen LogP contribution in [0, 0.1) is 6.92 Å². The summed E-state index contributed by atoms with van der Waals surface area (Å²) in [6.07, 6.45) is -3.56. The first-order valence-corrected chi connectivity index (χ1v) is 10.3. The van der Waals surface area contributed by atoms with Crippen molar-refractivity contribution in [2.24, 2.45) is 0 Å². The number of para-hydroxylation sites is 1. The molecule has 4 nitrogen and oxygen atoms in total. The number of hydrogen-bond acceptors (Lipinski definition) is 3. The number of alkyl halides is 3. The van der Waals surface area contributed by atoms with Crippen molar-refractivity contribution in [1.29, 1.82) is 0 Å². The molecule has 1 heterocycles. The van der Waals surface area contributed by atoms with Gasteiger partial charge in [0.2, 0.25) is 5.60 Å². The summed E-state index contributed by atoms with van der Waals surface area (Å²) >= 11 is 12.0. The van der Waals surface area contributed by atoms with Crippen LogP contribution in [-0.2, 0) is 5.60 Å². The summed E-state index contributed by atoms with van der Waals surface area (Å²) < 4.78 is 49.1. The molecule has 0 amide bonds. The lowest BCUT2D eigenvalue weighted by Crippen LogP contribution is -2.47. The van der Waals surface area contributed by atoms with Crippen LogP contribution in [0.3, 0.4) is 0 Å². The molecule has 0 saturated carbocycles. The van der Waals surface area contributed by atoms with E-state index in [0.29, 0.717) is 21.5 Å². The van der Waals surface area contributed by atoms with Gasteiger partial charge in [-0.2, -0.15) is 18.3 Å². The van der Waals surface area contributed by atoms with E-state index >= 15 is 0 Å². The number of benzene rings is 3. The van der Waals surface area contributed by atoms with Crippen LogP contribution < -0.4 is 4.74 Å². The first-order valence-electron chi connectivity index (χ1n) is 9.51. The van der Waals surface area contributed by atoms with Crippen molar-refractivity contribution in [2.45, 2.75) is 18.7 Å². The molecule has 1 atom stereocenters. The monoisotopic (exact) mass is 480 g/mol. The minimum absolute atomic E-state index is 0.0247. The fourth-order valence-corrected chi connectivity index (χ4v) is 4.09. The maximum absolute atomic E-state index is 14.0. The Labute approximate surface area is 191 Å². The van der Waals surface area contributed by atoms with Gasteiger partial charge >= 0.3 is 6.18 Å². The molecule has 0 aliphatic rings. The van der Waals surface area contributed by atoms with E-state index in [9.17, 15) is 18.3 Å². The van der Waals surface area contributed by atoms with Gasteiger partial charge in [0.1, 0.15) is 12.4 Å². The van der Waals surface area contributed by atoms with Gasteiger partial charge in [0.25, 0.3) is 0 Å². The number of nitrogens with zero attached hydrogens (tertiary/aromatic N) is 2. The highest BCUT2D eigenvalue weighted by molar-refractivity contribution is 6.35. The van der Waals surface area contributed by atoms with Crippen molar-refractivity contribution < 1.29 is 23.0 Å². The Balaban J connectivity index is 1.72. The Morgan fingerprint density at radius 3 is 2.41 bits per heavy atom. The third-order valence-electron chi connectivity index (χ3n) is 5.13. The predicted octanol–water partition coefficient (Wildman–Crippen LogP) is 6.47. The second kappa shape index (κ2) is 8.31. The van der Waals surface area contributed by atoms with E-state index < -0.39 is 18.4 Å². The van der Waals surface area contributed by atoms with Gasteiger partial charge in [-0.15, -0.1) is 0 Å². The molecular weight excluding hydrogens is 464 g/mol. The summed E-state index contributed by atoms with van der Waals surface area (Å²) in [7, 11) is 0. The van der Waals surface area contributed by atoms with E-state index in [1.54, 1.807) is 11.6 Å². The molecule has 9 heteroatoms. The van der Waals surface area contributed by atoms with Crippen LogP contribution in [0.4, 0.5) is 13.2 Å². The van der Waals surface area contributed by atoms with Crippen LogP contribution in [0.25, 0.3) is 16.6 Å². The number of hydrogen-bond donors (Lipinski definition) is 1. The number of aryl methyl sites for hydroxylation is 1.